The number of fused-ring (bicyclic) bond motifs is 3. The number of amides is 1. The number of phenolic OH excluding ortho intramolecular Hbond substituents is 1. The third kappa shape index (κ3) is 4.24. The van der Waals surface area contributed by atoms with E-state index in [2.05, 4.69) is 0 Å². The van der Waals surface area contributed by atoms with Crippen LogP contribution in [0, 0.1) is 11.8 Å². The molecule has 4 atom stereocenters. The average molecular weight is 570 g/mol. The first kappa shape index (κ1) is 29.1. The first-order valence-corrected chi connectivity index (χ1v) is 14.1. The van der Waals surface area contributed by atoms with Crippen LogP contribution in [0.5, 0.6) is 5.75 Å². The Labute approximate surface area is 238 Å². The van der Waals surface area contributed by atoms with Crippen molar-refractivity contribution in [2.75, 3.05) is 33.1 Å². The molecule has 41 heavy (non-hydrogen) atoms. The van der Waals surface area contributed by atoms with Gasteiger partial charge in [-0.1, -0.05) is 12.8 Å². The Bertz CT molecular complexity index is 1400. The summed E-state index contributed by atoms with van der Waals surface area (Å²) in [7, 11) is 6.84. The lowest BCUT2D eigenvalue weighted by atomic mass is 9.58. The third-order valence-corrected chi connectivity index (χ3v) is 9.65. The zero-order chi connectivity index (χ0) is 30.2. The molecule has 1 aromatic carbocycles. The van der Waals surface area contributed by atoms with Gasteiger partial charge in [-0.2, -0.15) is 0 Å². The summed E-state index contributed by atoms with van der Waals surface area (Å²) in [6.45, 7) is 0. The predicted octanol–water partition coefficient (Wildman–Crippen LogP) is 1.42. The number of nitrogens with two attached hydrogens (primary N) is 1. The zero-order valence-electron chi connectivity index (χ0n) is 23.9. The van der Waals surface area contributed by atoms with E-state index in [1.165, 1.54) is 4.90 Å². The van der Waals surface area contributed by atoms with Crippen LogP contribution in [0.4, 0.5) is 5.69 Å². The van der Waals surface area contributed by atoms with Crippen molar-refractivity contribution in [2.24, 2.45) is 17.6 Å². The number of aliphatic hydroxyl groups is 4. The number of rotatable bonds is 6. The van der Waals surface area contributed by atoms with Crippen LogP contribution < -0.4 is 10.6 Å². The van der Waals surface area contributed by atoms with Crippen molar-refractivity contribution in [3.8, 4) is 5.75 Å². The number of phenols is 1. The van der Waals surface area contributed by atoms with E-state index in [1.54, 1.807) is 14.1 Å². The van der Waals surface area contributed by atoms with E-state index >= 15 is 0 Å². The first-order chi connectivity index (χ1) is 19.1. The molecule has 0 unspecified atom stereocenters. The molecule has 1 fully saturated rings. The maximum absolute atomic E-state index is 14.1. The molecule has 1 saturated carbocycles. The maximum atomic E-state index is 14.1. The molecule has 11 heteroatoms. The Morgan fingerprint density at radius 3 is 2.27 bits per heavy atom. The Morgan fingerprint density at radius 2 is 1.71 bits per heavy atom. The van der Waals surface area contributed by atoms with E-state index in [-0.39, 0.29) is 29.7 Å². The lowest BCUT2D eigenvalue weighted by molar-refractivity contribution is -0.148. The molecule has 1 amide bonds. The topological polar surface area (TPSA) is 185 Å². The number of aromatic hydroxyl groups is 1. The number of hydrogen-bond donors (Lipinski definition) is 6. The number of primary amides is 1. The number of Topliss-reactive ketones (excluding diaryl/α,β-unsaturated/α-hetero) is 2. The minimum absolute atomic E-state index is 0.00889. The van der Waals surface area contributed by atoms with Gasteiger partial charge in [0.1, 0.15) is 22.8 Å². The number of benzene rings is 1. The van der Waals surface area contributed by atoms with Crippen LogP contribution in [0.3, 0.4) is 0 Å². The van der Waals surface area contributed by atoms with Gasteiger partial charge in [-0.25, -0.2) is 0 Å². The average Bonchev–Trinajstić information content (AvgIpc) is 3.31. The summed E-state index contributed by atoms with van der Waals surface area (Å²) in [5, 5.41) is 56.5. The summed E-state index contributed by atoms with van der Waals surface area (Å²) < 4.78 is 0. The second-order valence-electron chi connectivity index (χ2n) is 12.5. The number of carbonyl (C=O) groups excluding carboxylic acids is 3. The van der Waals surface area contributed by atoms with Gasteiger partial charge >= 0.3 is 0 Å². The van der Waals surface area contributed by atoms with Crippen LogP contribution in [0.2, 0.25) is 0 Å². The van der Waals surface area contributed by atoms with Gasteiger partial charge in [-0.3, -0.25) is 19.3 Å². The van der Waals surface area contributed by atoms with Crippen LogP contribution in [0.1, 0.15) is 60.0 Å². The second-order valence-corrected chi connectivity index (χ2v) is 12.5. The van der Waals surface area contributed by atoms with Gasteiger partial charge in [0.2, 0.25) is 5.78 Å². The van der Waals surface area contributed by atoms with Crippen LogP contribution >= 0.6 is 0 Å². The number of allylic oxidation sites excluding steroid dienone is 1. The Morgan fingerprint density at radius 1 is 1.07 bits per heavy atom. The van der Waals surface area contributed by atoms with Gasteiger partial charge in [0.25, 0.3) is 5.91 Å². The minimum Gasteiger partial charge on any atom is -0.510 e. The molecule has 7 N–H and O–H groups in total. The predicted molar refractivity (Wildman–Crippen MR) is 150 cm³/mol. The van der Waals surface area contributed by atoms with E-state index in [0.717, 1.165) is 12.8 Å². The molecular formula is C30H39N3O8. The summed E-state index contributed by atoms with van der Waals surface area (Å²) in [4.78, 5) is 43.1. The van der Waals surface area contributed by atoms with E-state index in [9.17, 15) is 39.9 Å². The normalized spacial score (nSPS) is 29.0. The molecule has 0 aliphatic heterocycles. The summed E-state index contributed by atoms with van der Waals surface area (Å²) in [5.74, 6) is -6.66. The van der Waals surface area contributed by atoms with Gasteiger partial charge in [0, 0.05) is 31.3 Å². The Balaban J connectivity index is 1.65. The number of anilines is 1. The number of likely N-dealkylation sites (N-methyl/N-ethyl adjacent to an activating group) is 1. The molecule has 0 aromatic heterocycles. The van der Waals surface area contributed by atoms with Crippen molar-refractivity contribution in [1.82, 2.24) is 4.90 Å². The van der Waals surface area contributed by atoms with E-state index < -0.39 is 63.6 Å². The zero-order valence-corrected chi connectivity index (χ0v) is 23.9. The van der Waals surface area contributed by atoms with Gasteiger partial charge in [0.05, 0.1) is 17.2 Å². The fourth-order valence-electron chi connectivity index (χ4n) is 7.59. The molecule has 4 aliphatic carbocycles. The monoisotopic (exact) mass is 569 g/mol. The highest BCUT2D eigenvalue weighted by Gasteiger charge is 2.63. The van der Waals surface area contributed by atoms with Crippen molar-refractivity contribution in [2.45, 2.75) is 68.6 Å². The SMILES string of the molecule is CN(C)c1cc(CCC2(O)CCCC2)c(O)c2c1C[C@H]1C[C@H]3[C@H](N(C)C)C(O)=C(C(N)=O)C(=O)[C@@]3(O)C(O)=C1C2=O. The molecular weight excluding hydrogens is 530 g/mol. The number of ketones is 2. The second kappa shape index (κ2) is 9.85. The third-order valence-electron chi connectivity index (χ3n) is 9.65. The van der Waals surface area contributed by atoms with Crippen LogP contribution in [0.25, 0.3) is 0 Å². The number of aryl methyl sites for hydroxylation is 1. The highest BCUT2D eigenvalue weighted by atomic mass is 16.3. The molecule has 4 aliphatic rings. The van der Waals surface area contributed by atoms with Crippen molar-refractivity contribution in [1.29, 1.82) is 0 Å². The quantitative estimate of drug-likeness (QED) is 0.274. The van der Waals surface area contributed by atoms with Gasteiger partial charge in [0.15, 0.2) is 11.4 Å². The number of nitrogens with zero attached hydrogens (tertiary/aromatic N) is 2. The summed E-state index contributed by atoms with van der Waals surface area (Å²) >= 11 is 0. The van der Waals surface area contributed by atoms with Crippen LogP contribution in [-0.2, 0) is 22.4 Å². The van der Waals surface area contributed by atoms with Gasteiger partial charge < -0.3 is 36.2 Å². The van der Waals surface area contributed by atoms with Crippen LogP contribution in [-0.4, -0.2) is 93.3 Å². The molecule has 5 rings (SSSR count). The lowest BCUT2D eigenvalue weighted by Crippen LogP contribution is -2.63. The summed E-state index contributed by atoms with van der Waals surface area (Å²) in [6.07, 6.45) is 4.24. The molecule has 0 saturated heterocycles. The molecule has 1 aromatic rings. The lowest BCUT2D eigenvalue weighted by Gasteiger charge is -2.50. The molecule has 222 valence electrons. The number of carbonyl (C=O) groups is 3. The first-order valence-electron chi connectivity index (χ1n) is 14.1. The van der Waals surface area contributed by atoms with Crippen molar-refractivity contribution < 1.29 is 39.9 Å². The molecule has 0 radical (unpaired) electrons. The van der Waals surface area contributed by atoms with Crippen molar-refractivity contribution >= 4 is 23.2 Å². The maximum Gasteiger partial charge on any atom is 0.255 e. The summed E-state index contributed by atoms with van der Waals surface area (Å²) in [6, 6.07) is 0.791. The molecule has 0 bridgehead atoms. The van der Waals surface area contributed by atoms with E-state index in [4.69, 9.17) is 5.73 Å². The molecule has 11 nitrogen and oxygen atoms in total. The van der Waals surface area contributed by atoms with Gasteiger partial charge in [-0.05, 0) is 75.7 Å². The number of aliphatic hydroxyl groups excluding tert-OH is 2. The smallest absolute Gasteiger partial charge is 0.255 e. The van der Waals surface area contributed by atoms with E-state index in [1.807, 2.05) is 25.1 Å². The van der Waals surface area contributed by atoms with Crippen LogP contribution in [0.15, 0.2) is 28.7 Å². The van der Waals surface area contributed by atoms with Gasteiger partial charge in [-0.15, -0.1) is 0 Å². The fraction of sp³-hybridized carbons (Fsp3) is 0.567. The Kier molecular flexibility index (Phi) is 6.99. The summed E-state index contributed by atoms with van der Waals surface area (Å²) in [5.41, 5.74) is 2.65. The number of hydrogen-bond acceptors (Lipinski definition) is 10. The fourth-order valence-corrected chi connectivity index (χ4v) is 7.59. The highest BCUT2D eigenvalue weighted by Crippen LogP contribution is 2.53. The largest absolute Gasteiger partial charge is 0.510 e. The Hall–Kier alpha value is -3.41. The standard InChI is InChI=1S/C30H39N3O8/c1-32(2)18-13-14(7-10-29(40)8-5-6-9-29)23(34)20-16(18)11-15-12-17-22(33(3)4)25(36)21(28(31)39)27(38)30(17,41)26(37)19(15)24(20)35/h13,15,17,22,34,36-37,40-41H,5-12H2,1-4H3,(H2,31,39)/t15-,17-,22-,30-/m0/s1. The van der Waals surface area contributed by atoms with Crippen molar-refractivity contribution in [3.05, 3.63) is 45.4 Å². The minimum atomic E-state index is -2.67. The highest BCUT2D eigenvalue weighted by molar-refractivity contribution is 6.24. The van der Waals surface area contributed by atoms with Crippen molar-refractivity contribution in [3.63, 3.8) is 0 Å². The molecule has 0 heterocycles. The molecule has 0 spiro atoms. The van der Waals surface area contributed by atoms with E-state index in [0.29, 0.717) is 42.5 Å².